The molecule has 8 heteroatoms. The van der Waals surface area contributed by atoms with Crippen molar-refractivity contribution < 1.29 is 0 Å². The quantitative estimate of drug-likeness (QED) is 0.511. The van der Waals surface area contributed by atoms with E-state index in [1.165, 1.54) is 4.88 Å². The van der Waals surface area contributed by atoms with Crippen LogP contribution in [0.4, 0.5) is 11.6 Å². The first kappa shape index (κ1) is 16.6. The molecule has 4 heterocycles. The third-order valence-corrected chi connectivity index (χ3v) is 6.08. The Morgan fingerprint density at radius 2 is 1.52 bits per heavy atom. The molecule has 1 saturated heterocycles. The number of hydrogen-bond donors (Lipinski definition) is 0. The minimum atomic E-state index is 0.691. The van der Waals surface area contributed by atoms with Crippen LogP contribution in [0.1, 0.15) is 4.88 Å². The minimum Gasteiger partial charge on any atom is -0.352 e. The molecule has 0 unspecified atom stereocenters. The fraction of sp³-hybridized carbons (Fsp3) is 0.263. The van der Waals surface area contributed by atoms with Gasteiger partial charge in [-0.05, 0) is 31.2 Å². The number of benzene rings is 1. The molecule has 0 atom stereocenters. The van der Waals surface area contributed by atoms with Crippen LogP contribution in [0.3, 0.4) is 0 Å². The van der Waals surface area contributed by atoms with Gasteiger partial charge in [0.1, 0.15) is 29.1 Å². The number of rotatable bonds is 2. The van der Waals surface area contributed by atoms with Crippen LogP contribution in [0.5, 0.6) is 0 Å². The lowest BCUT2D eigenvalue weighted by Gasteiger charge is -2.36. The van der Waals surface area contributed by atoms with Crippen LogP contribution in [-0.4, -0.2) is 46.1 Å². The molecule has 0 N–H and O–H groups in total. The Labute approximate surface area is 165 Å². The van der Waals surface area contributed by atoms with Crippen LogP contribution in [0.15, 0.2) is 36.9 Å². The molecule has 1 aliphatic heterocycles. The molecule has 1 fully saturated rings. The van der Waals surface area contributed by atoms with Crippen molar-refractivity contribution in [2.24, 2.45) is 0 Å². The Hall–Kier alpha value is -2.51. The summed E-state index contributed by atoms with van der Waals surface area (Å²) in [7, 11) is 0. The molecule has 1 aromatic carbocycles. The summed E-state index contributed by atoms with van der Waals surface area (Å²) in [6, 6.07) is 7.96. The largest absolute Gasteiger partial charge is 0.352 e. The number of hydrogen-bond acceptors (Lipinski definition) is 7. The summed E-state index contributed by atoms with van der Waals surface area (Å²) in [4.78, 5) is 24.8. The molecule has 1 aliphatic rings. The summed E-state index contributed by atoms with van der Waals surface area (Å²) in [6.07, 6.45) is 3.28. The predicted octanol–water partition coefficient (Wildman–Crippen LogP) is 3.92. The minimum absolute atomic E-state index is 0.691. The van der Waals surface area contributed by atoms with Crippen molar-refractivity contribution in [2.75, 3.05) is 36.0 Å². The van der Waals surface area contributed by atoms with Crippen LogP contribution >= 0.6 is 22.9 Å². The third-order valence-electron chi connectivity index (χ3n) is 4.89. The summed E-state index contributed by atoms with van der Waals surface area (Å²) >= 11 is 7.82. The van der Waals surface area contributed by atoms with Crippen LogP contribution in [0.2, 0.25) is 5.02 Å². The second-order valence-electron chi connectivity index (χ2n) is 6.61. The van der Waals surface area contributed by atoms with E-state index < -0.39 is 0 Å². The number of halogens is 1. The molecule has 0 aliphatic carbocycles. The molecule has 0 amide bonds. The molecule has 0 spiro atoms. The highest BCUT2D eigenvalue weighted by molar-refractivity contribution is 7.18. The lowest BCUT2D eigenvalue weighted by atomic mass is 10.2. The van der Waals surface area contributed by atoms with E-state index in [9.17, 15) is 0 Å². The van der Waals surface area contributed by atoms with Gasteiger partial charge in [-0.3, -0.25) is 0 Å². The number of aryl methyl sites for hydroxylation is 1. The van der Waals surface area contributed by atoms with Gasteiger partial charge in [-0.2, -0.15) is 0 Å². The highest BCUT2D eigenvalue weighted by Gasteiger charge is 2.22. The Morgan fingerprint density at radius 1 is 0.852 bits per heavy atom. The van der Waals surface area contributed by atoms with E-state index in [0.29, 0.717) is 5.02 Å². The smallest absolute Gasteiger partial charge is 0.140 e. The number of anilines is 2. The molecule has 5 rings (SSSR count). The molecule has 3 aromatic heterocycles. The first-order chi connectivity index (χ1) is 13.2. The molecule has 27 heavy (non-hydrogen) atoms. The standard InChI is InChI=1S/C19H17ClN6S/c1-12-8-15-18(23-11-24-19(15)27-12)26-6-4-25(5-7-26)17-14-3-2-13(20)9-16(14)21-10-22-17/h2-3,8-11H,4-7H2,1H3. The molecule has 0 saturated carbocycles. The van der Waals surface area contributed by atoms with Gasteiger partial charge in [0, 0.05) is 41.5 Å². The monoisotopic (exact) mass is 396 g/mol. The van der Waals surface area contributed by atoms with Crippen molar-refractivity contribution in [3.8, 4) is 0 Å². The second kappa shape index (κ2) is 6.58. The molecular formula is C19H17ClN6S. The molecule has 136 valence electrons. The maximum atomic E-state index is 6.10. The summed E-state index contributed by atoms with van der Waals surface area (Å²) in [5.41, 5.74) is 0.876. The number of fused-ring (bicyclic) bond motifs is 2. The first-order valence-corrected chi connectivity index (χ1v) is 10.00. The number of thiophene rings is 1. The molecule has 0 radical (unpaired) electrons. The van der Waals surface area contributed by atoms with Crippen LogP contribution < -0.4 is 9.80 Å². The zero-order valence-corrected chi connectivity index (χ0v) is 16.3. The van der Waals surface area contributed by atoms with E-state index in [1.54, 1.807) is 24.0 Å². The van der Waals surface area contributed by atoms with Gasteiger partial charge in [0.15, 0.2) is 0 Å². The van der Waals surface area contributed by atoms with Crippen molar-refractivity contribution in [3.63, 3.8) is 0 Å². The number of nitrogens with zero attached hydrogens (tertiary/aromatic N) is 6. The highest BCUT2D eigenvalue weighted by atomic mass is 35.5. The zero-order chi connectivity index (χ0) is 18.4. The van der Waals surface area contributed by atoms with E-state index >= 15 is 0 Å². The van der Waals surface area contributed by atoms with Crippen molar-refractivity contribution >= 4 is 55.7 Å². The fourth-order valence-corrected chi connectivity index (χ4v) is 4.62. The Kier molecular flexibility index (Phi) is 4.06. The Balaban J connectivity index is 1.42. The number of aromatic nitrogens is 4. The van der Waals surface area contributed by atoms with Crippen molar-refractivity contribution in [3.05, 3.63) is 46.8 Å². The van der Waals surface area contributed by atoms with Gasteiger partial charge in [0.05, 0.1) is 10.9 Å². The average Bonchev–Trinajstić information content (AvgIpc) is 3.07. The van der Waals surface area contributed by atoms with E-state index in [-0.39, 0.29) is 0 Å². The van der Waals surface area contributed by atoms with Crippen LogP contribution in [0, 0.1) is 6.92 Å². The molecule has 6 nitrogen and oxygen atoms in total. The van der Waals surface area contributed by atoms with Crippen molar-refractivity contribution in [1.29, 1.82) is 0 Å². The SMILES string of the molecule is Cc1cc2c(N3CCN(c4ncnc5cc(Cl)ccc45)CC3)ncnc2s1. The van der Waals surface area contributed by atoms with Crippen LogP contribution in [0.25, 0.3) is 21.1 Å². The van der Waals surface area contributed by atoms with Gasteiger partial charge in [-0.15, -0.1) is 11.3 Å². The first-order valence-electron chi connectivity index (χ1n) is 8.80. The summed E-state index contributed by atoms with van der Waals surface area (Å²) in [5, 5.41) is 2.87. The Bertz CT molecular complexity index is 1140. The van der Waals surface area contributed by atoms with Gasteiger partial charge >= 0.3 is 0 Å². The number of piperazine rings is 1. The van der Waals surface area contributed by atoms with E-state index in [4.69, 9.17) is 11.6 Å². The van der Waals surface area contributed by atoms with Gasteiger partial charge < -0.3 is 9.80 Å². The summed E-state index contributed by atoms with van der Waals surface area (Å²) in [6.45, 7) is 5.65. The van der Waals surface area contributed by atoms with E-state index in [2.05, 4.69) is 42.7 Å². The topological polar surface area (TPSA) is 58.0 Å². The lowest BCUT2D eigenvalue weighted by Crippen LogP contribution is -2.47. The second-order valence-corrected chi connectivity index (χ2v) is 8.28. The van der Waals surface area contributed by atoms with E-state index in [1.807, 2.05) is 18.2 Å². The van der Waals surface area contributed by atoms with Crippen molar-refractivity contribution in [2.45, 2.75) is 6.92 Å². The van der Waals surface area contributed by atoms with Gasteiger partial charge in [0.25, 0.3) is 0 Å². The van der Waals surface area contributed by atoms with Crippen LogP contribution in [-0.2, 0) is 0 Å². The zero-order valence-electron chi connectivity index (χ0n) is 14.8. The molecule has 0 bridgehead atoms. The Morgan fingerprint density at radius 3 is 2.26 bits per heavy atom. The predicted molar refractivity (Wildman–Crippen MR) is 111 cm³/mol. The molecule has 4 aromatic rings. The van der Waals surface area contributed by atoms with Gasteiger partial charge in [-0.1, -0.05) is 11.6 Å². The van der Waals surface area contributed by atoms with E-state index in [0.717, 1.165) is 58.9 Å². The lowest BCUT2D eigenvalue weighted by molar-refractivity contribution is 0.644. The maximum Gasteiger partial charge on any atom is 0.140 e. The third kappa shape index (κ3) is 2.96. The summed E-state index contributed by atoms with van der Waals surface area (Å²) < 4.78 is 0. The molecular weight excluding hydrogens is 380 g/mol. The normalized spacial score (nSPS) is 15.0. The fourth-order valence-electron chi connectivity index (χ4n) is 3.61. The van der Waals surface area contributed by atoms with Crippen molar-refractivity contribution in [1.82, 2.24) is 19.9 Å². The van der Waals surface area contributed by atoms with Gasteiger partial charge in [-0.25, -0.2) is 19.9 Å². The average molecular weight is 397 g/mol. The highest BCUT2D eigenvalue weighted by Crippen LogP contribution is 2.31. The van der Waals surface area contributed by atoms with Gasteiger partial charge in [0.2, 0.25) is 0 Å². The summed E-state index contributed by atoms with van der Waals surface area (Å²) in [5.74, 6) is 2.00. The maximum absolute atomic E-state index is 6.10.